The van der Waals surface area contributed by atoms with Gasteiger partial charge in [0.25, 0.3) is 0 Å². The second-order valence-corrected chi connectivity index (χ2v) is 7.55. The molecule has 2 unspecified atom stereocenters. The number of sulfonamides is 1. The third-order valence-corrected chi connectivity index (χ3v) is 5.78. The number of hydrogen-bond acceptors (Lipinski definition) is 3. The van der Waals surface area contributed by atoms with Gasteiger partial charge in [0.2, 0.25) is 10.0 Å². The minimum atomic E-state index is -3.20. The molecule has 5 heteroatoms. The molecule has 2 atom stereocenters. The van der Waals surface area contributed by atoms with Crippen molar-refractivity contribution in [1.82, 2.24) is 10.0 Å². The van der Waals surface area contributed by atoms with Gasteiger partial charge in [-0.3, -0.25) is 0 Å². The first-order chi connectivity index (χ1) is 9.58. The van der Waals surface area contributed by atoms with Crippen molar-refractivity contribution in [3.8, 4) is 0 Å². The second-order valence-electron chi connectivity index (χ2n) is 5.56. The largest absolute Gasteiger partial charge is 0.315 e. The maximum atomic E-state index is 12.3. The molecule has 112 valence electrons. The molecular weight excluding hydrogens is 272 g/mol. The molecule has 0 aliphatic carbocycles. The summed E-state index contributed by atoms with van der Waals surface area (Å²) in [6.45, 7) is 3.44. The monoisotopic (exact) mass is 296 g/mol. The summed E-state index contributed by atoms with van der Waals surface area (Å²) in [5.74, 6) is 0. The Morgan fingerprint density at radius 1 is 1.35 bits per heavy atom. The van der Waals surface area contributed by atoms with Crippen LogP contribution in [0.3, 0.4) is 0 Å². The lowest BCUT2D eigenvalue weighted by atomic mass is 10.1. The van der Waals surface area contributed by atoms with Crippen molar-refractivity contribution in [2.75, 3.05) is 13.1 Å². The molecule has 1 heterocycles. The summed E-state index contributed by atoms with van der Waals surface area (Å²) in [7, 11) is -3.20. The van der Waals surface area contributed by atoms with E-state index in [4.69, 9.17) is 0 Å². The molecule has 2 rings (SSSR count). The van der Waals surface area contributed by atoms with E-state index in [-0.39, 0.29) is 11.3 Å². The van der Waals surface area contributed by atoms with Crippen LogP contribution in [0.25, 0.3) is 0 Å². The quantitative estimate of drug-likeness (QED) is 0.840. The highest BCUT2D eigenvalue weighted by atomic mass is 32.2. The van der Waals surface area contributed by atoms with E-state index >= 15 is 0 Å². The fourth-order valence-corrected chi connectivity index (χ4v) is 4.23. The summed E-state index contributed by atoms with van der Waals surface area (Å²) < 4.78 is 27.3. The molecule has 0 amide bonds. The van der Waals surface area contributed by atoms with E-state index in [2.05, 4.69) is 22.2 Å². The normalized spacial score (nSPS) is 21.6. The van der Waals surface area contributed by atoms with Crippen molar-refractivity contribution in [1.29, 1.82) is 0 Å². The van der Waals surface area contributed by atoms with Gasteiger partial charge in [-0.25, -0.2) is 13.1 Å². The second kappa shape index (κ2) is 7.20. The third kappa shape index (κ3) is 4.58. The zero-order valence-electron chi connectivity index (χ0n) is 12.0. The van der Waals surface area contributed by atoms with Crippen LogP contribution in [0.1, 0.15) is 31.7 Å². The first-order valence-electron chi connectivity index (χ1n) is 7.34. The lowest BCUT2D eigenvalue weighted by molar-refractivity contribution is 0.480. The van der Waals surface area contributed by atoms with Crippen molar-refractivity contribution in [3.63, 3.8) is 0 Å². The first-order valence-corrected chi connectivity index (χ1v) is 8.88. The van der Waals surface area contributed by atoms with E-state index in [1.165, 1.54) is 5.56 Å². The van der Waals surface area contributed by atoms with Gasteiger partial charge in [0.15, 0.2) is 0 Å². The van der Waals surface area contributed by atoms with Gasteiger partial charge < -0.3 is 5.32 Å². The summed E-state index contributed by atoms with van der Waals surface area (Å²) in [4.78, 5) is 0. The lowest BCUT2D eigenvalue weighted by Crippen LogP contribution is -2.46. The average molecular weight is 296 g/mol. The van der Waals surface area contributed by atoms with Gasteiger partial charge in [-0.15, -0.1) is 0 Å². The molecule has 2 N–H and O–H groups in total. The van der Waals surface area contributed by atoms with Gasteiger partial charge in [-0.1, -0.05) is 30.3 Å². The van der Waals surface area contributed by atoms with Crippen molar-refractivity contribution >= 4 is 10.0 Å². The Morgan fingerprint density at radius 2 is 2.10 bits per heavy atom. The standard InChI is InChI=1S/C15H24N2O2S/c1-13(9-10-14-6-3-2-4-7-14)17-20(18,19)15-8-5-11-16-12-15/h2-4,6-7,13,15-17H,5,8-12H2,1H3. The molecule has 1 saturated heterocycles. The molecule has 0 aromatic heterocycles. The molecule has 1 fully saturated rings. The molecule has 1 aromatic carbocycles. The molecule has 1 aliphatic heterocycles. The van der Waals surface area contributed by atoms with Gasteiger partial charge >= 0.3 is 0 Å². The molecule has 0 bridgehead atoms. The number of rotatable bonds is 6. The molecule has 1 aromatic rings. The van der Waals surface area contributed by atoms with E-state index < -0.39 is 10.0 Å². The van der Waals surface area contributed by atoms with Crippen LogP contribution in [0.4, 0.5) is 0 Å². The summed E-state index contributed by atoms with van der Waals surface area (Å²) in [6, 6.07) is 10.1. The van der Waals surface area contributed by atoms with Crippen LogP contribution < -0.4 is 10.0 Å². The van der Waals surface area contributed by atoms with Gasteiger partial charge in [0.1, 0.15) is 0 Å². The van der Waals surface area contributed by atoms with Gasteiger partial charge in [0, 0.05) is 12.6 Å². The Bertz CT molecular complexity index is 496. The zero-order chi connectivity index (χ0) is 14.4. The predicted molar refractivity (Wildman–Crippen MR) is 82.2 cm³/mol. The van der Waals surface area contributed by atoms with Crippen molar-refractivity contribution in [3.05, 3.63) is 35.9 Å². The topological polar surface area (TPSA) is 58.2 Å². The average Bonchev–Trinajstić information content (AvgIpc) is 2.47. The summed E-state index contributed by atoms with van der Waals surface area (Å²) in [6.07, 6.45) is 3.41. The summed E-state index contributed by atoms with van der Waals surface area (Å²) in [5, 5.41) is 2.87. The molecule has 0 radical (unpaired) electrons. The maximum Gasteiger partial charge on any atom is 0.215 e. The predicted octanol–water partition coefficient (Wildman–Crippen LogP) is 1.68. The van der Waals surface area contributed by atoms with Crippen LogP contribution in [-0.2, 0) is 16.4 Å². The van der Waals surface area contributed by atoms with E-state index in [0.717, 1.165) is 32.2 Å². The van der Waals surface area contributed by atoms with Gasteiger partial charge in [0.05, 0.1) is 5.25 Å². The van der Waals surface area contributed by atoms with E-state index in [0.29, 0.717) is 6.54 Å². The van der Waals surface area contributed by atoms with E-state index in [1.807, 2.05) is 25.1 Å². The highest BCUT2D eigenvalue weighted by molar-refractivity contribution is 7.90. The van der Waals surface area contributed by atoms with Crippen LogP contribution in [0.15, 0.2) is 30.3 Å². The first kappa shape index (κ1) is 15.5. The lowest BCUT2D eigenvalue weighted by Gasteiger charge is -2.25. The summed E-state index contributed by atoms with van der Waals surface area (Å²) in [5.41, 5.74) is 1.25. The van der Waals surface area contributed by atoms with Crippen molar-refractivity contribution in [2.24, 2.45) is 0 Å². The Labute approximate surface area is 122 Å². The third-order valence-electron chi connectivity index (χ3n) is 3.76. The zero-order valence-corrected chi connectivity index (χ0v) is 12.8. The molecule has 1 aliphatic rings. The number of aryl methyl sites for hydroxylation is 1. The van der Waals surface area contributed by atoms with Crippen LogP contribution >= 0.6 is 0 Å². The molecule has 4 nitrogen and oxygen atoms in total. The smallest absolute Gasteiger partial charge is 0.215 e. The van der Waals surface area contributed by atoms with Gasteiger partial charge in [-0.05, 0) is 44.7 Å². The fraction of sp³-hybridized carbons (Fsp3) is 0.600. The highest BCUT2D eigenvalue weighted by Gasteiger charge is 2.28. The Hall–Kier alpha value is -0.910. The minimum absolute atomic E-state index is 0.0258. The number of hydrogen-bond donors (Lipinski definition) is 2. The van der Waals surface area contributed by atoms with Crippen LogP contribution in [0.5, 0.6) is 0 Å². The van der Waals surface area contributed by atoms with Crippen LogP contribution in [0, 0.1) is 0 Å². The molecule has 0 saturated carbocycles. The minimum Gasteiger partial charge on any atom is -0.315 e. The molecular formula is C15H24N2O2S. The Kier molecular flexibility index (Phi) is 5.57. The number of piperidine rings is 1. The number of benzene rings is 1. The van der Waals surface area contributed by atoms with Crippen LogP contribution in [-0.4, -0.2) is 32.8 Å². The Morgan fingerprint density at radius 3 is 2.75 bits per heavy atom. The summed E-state index contributed by atoms with van der Waals surface area (Å²) >= 11 is 0. The van der Waals surface area contributed by atoms with Crippen molar-refractivity contribution in [2.45, 2.75) is 43.9 Å². The van der Waals surface area contributed by atoms with Crippen molar-refractivity contribution < 1.29 is 8.42 Å². The van der Waals surface area contributed by atoms with Gasteiger partial charge in [-0.2, -0.15) is 0 Å². The van der Waals surface area contributed by atoms with Crippen LogP contribution in [0.2, 0.25) is 0 Å². The SMILES string of the molecule is CC(CCc1ccccc1)NS(=O)(=O)C1CCCNC1. The highest BCUT2D eigenvalue weighted by Crippen LogP contribution is 2.12. The van der Waals surface area contributed by atoms with E-state index in [1.54, 1.807) is 0 Å². The molecule has 0 spiro atoms. The maximum absolute atomic E-state index is 12.3. The Balaban J connectivity index is 1.82. The molecule has 20 heavy (non-hydrogen) atoms. The van der Waals surface area contributed by atoms with E-state index in [9.17, 15) is 8.42 Å². The fourth-order valence-electron chi connectivity index (χ4n) is 2.55. The number of nitrogens with one attached hydrogen (secondary N) is 2.